The van der Waals surface area contributed by atoms with Crippen LogP contribution in [0.2, 0.25) is 5.02 Å². The van der Waals surface area contributed by atoms with E-state index in [1.54, 1.807) is 20.3 Å². The maximum absolute atomic E-state index is 6.05. The van der Waals surface area contributed by atoms with Crippen molar-refractivity contribution >= 4 is 17.3 Å². The van der Waals surface area contributed by atoms with Gasteiger partial charge in [0.15, 0.2) is 0 Å². The minimum atomic E-state index is 0.389. The minimum Gasteiger partial charge on any atom is -0.495 e. The second kappa shape index (κ2) is 6.60. The molecule has 1 rings (SSSR count). The van der Waals surface area contributed by atoms with Crippen LogP contribution in [0.25, 0.3) is 0 Å². The van der Waals surface area contributed by atoms with Gasteiger partial charge in [0.25, 0.3) is 0 Å². The van der Waals surface area contributed by atoms with Gasteiger partial charge in [-0.2, -0.15) is 0 Å². The number of nitrogens with one attached hydrogen (secondary N) is 1. The van der Waals surface area contributed by atoms with Gasteiger partial charge in [-0.25, -0.2) is 0 Å². The average Bonchev–Trinajstić information content (AvgIpc) is 2.31. The largest absolute Gasteiger partial charge is 0.495 e. The van der Waals surface area contributed by atoms with Gasteiger partial charge in [0.1, 0.15) is 11.5 Å². The molecule has 1 unspecified atom stereocenters. The predicted octanol–water partition coefficient (Wildman–Crippen LogP) is 3.96. The zero-order chi connectivity index (χ0) is 12.8. The molecular formula is C13H20ClNO2. The second-order valence-corrected chi connectivity index (χ2v) is 4.43. The van der Waals surface area contributed by atoms with Gasteiger partial charge in [-0.05, 0) is 13.3 Å². The maximum atomic E-state index is 6.05. The van der Waals surface area contributed by atoms with Crippen LogP contribution in [0.4, 0.5) is 5.69 Å². The fourth-order valence-electron chi connectivity index (χ4n) is 1.74. The molecule has 1 aromatic rings. The zero-order valence-electron chi connectivity index (χ0n) is 10.8. The topological polar surface area (TPSA) is 30.5 Å². The van der Waals surface area contributed by atoms with E-state index in [2.05, 4.69) is 19.2 Å². The highest BCUT2D eigenvalue weighted by molar-refractivity contribution is 6.32. The van der Waals surface area contributed by atoms with E-state index in [9.17, 15) is 0 Å². The molecule has 0 radical (unpaired) electrons. The van der Waals surface area contributed by atoms with Gasteiger partial charge in [0.05, 0.1) is 24.9 Å². The monoisotopic (exact) mass is 257 g/mol. The van der Waals surface area contributed by atoms with Crippen molar-refractivity contribution < 1.29 is 9.47 Å². The van der Waals surface area contributed by atoms with Crippen LogP contribution in [0.5, 0.6) is 11.5 Å². The number of rotatable bonds is 6. The summed E-state index contributed by atoms with van der Waals surface area (Å²) in [4.78, 5) is 0. The van der Waals surface area contributed by atoms with Crippen molar-refractivity contribution in [3.05, 3.63) is 17.2 Å². The van der Waals surface area contributed by atoms with Crippen molar-refractivity contribution in [3.8, 4) is 11.5 Å². The van der Waals surface area contributed by atoms with Gasteiger partial charge in [-0.3, -0.25) is 0 Å². The molecule has 3 nitrogen and oxygen atoms in total. The van der Waals surface area contributed by atoms with Crippen molar-refractivity contribution in [1.82, 2.24) is 0 Å². The molecule has 17 heavy (non-hydrogen) atoms. The molecule has 0 saturated carbocycles. The van der Waals surface area contributed by atoms with Gasteiger partial charge in [0.2, 0.25) is 0 Å². The van der Waals surface area contributed by atoms with E-state index in [4.69, 9.17) is 21.1 Å². The van der Waals surface area contributed by atoms with E-state index >= 15 is 0 Å². The van der Waals surface area contributed by atoms with Crippen LogP contribution < -0.4 is 14.8 Å². The van der Waals surface area contributed by atoms with E-state index in [1.807, 2.05) is 6.07 Å². The van der Waals surface area contributed by atoms with Crippen LogP contribution in [-0.2, 0) is 0 Å². The lowest BCUT2D eigenvalue weighted by Crippen LogP contribution is -2.15. The van der Waals surface area contributed by atoms with Crippen LogP contribution >= 0.6 is 11.6 Å². The van der Waals surface area contributed by atoms with Crippen molar-refractivity contribution in [3.63, 3.8) is 0 Å². The number of ether oxygens (including phenoxy) is 2. The lowest BCUT2D eigenvalue weighted by Gasteiger charge is -2.18. The third-order valence-electron chi connectivity index (χ3n) is 2.60. The van der Waals surface area contributed by atoms with E-state index in [0.717, 1.165) is 24.3 Å². The van der Waals surface area contributed by atoms with Crippen LogP contribution in [0.1, 0.15) is 26.7 Å². The van der Waals surface area contributed by atoms with Crippen molar-refractivity contribution in [1.29, 1.82) is 0 Å². The lowest BCUT2D eigenvalue weighted by molar-refractivity contribution is 0.404. The van der Waals surface area contributed by atoms with Gasteiger partial charge >= 0.3 is 0 Å². The Kier molecular flexibility index (Phi) is 5.42. The molecule has 0 amide bonds. The van der Waals surface area contributed by atoms with E-state index in [0.29, 0.717) is 16.8 Å². The van der Waals surface area contributed by atoms with Gasteiger partial charge in [-0.1, -0.05) is 24.9 Å². The third kappa shape index (κ3) is 3.70. The van der Waals surface area contributed by atoms with Crippen LogP contribution in [0.3, 0.4) is 0 Å². The molecule has 0 fully saturated rings. The highest BCUT2D eigenvalue weighted by Crippen LogP contribution is 2.36. The summed E-state index contributed by atoms with van der Waals surface area (Å²) in [6, 6.07) is 4.02. The molecule has 96 valence electrons. The molecule has 0 aromatic heterocycles. The van der Waals surface area contributed by atoms with Crippen molar-refractivity contribution in [2.45, 2.75) is 32.7 Å². The Morgan fingerprint density at radius 2 is 1.88 bits per heavy atom. The Bertz CT molecular complexity index is 369. The molecule has 0 saturated heterocycles. The number of anilines is 1. The highest BCUT2D eigenvalue weighted by Gasteiger charge is 2.11. The molecule has 0 spiro atoms. The predicted molar refractivity (Wildman–Crippen MR) is 72.5 cm³/mol. The normalized spacial score (nSPS) is 12.1. The molecule has 0 aliphatic heterocycles. The Morgan fingerprint density at radius 3 is 2.41 bits per heavy atom. The molecule has 1 aromatic carbocycles. The van der Waals surface area contributed by atoms with Gasteiger partial charge in [0, 0.05) is 18.2 Å². The third-order valence-corrected chi connectivity index (χ3v) is 2.89. The molecule has 0 aliphatic rings. The molecule has 0 heterocycles. The first-order valence-corrected chi connectivity index (χ1v) is 6.18. The summed E-state index contributed by atoms with van der Waals surface area (Å²) in [6.07, 6.45) is 2.25. The number of benzene rings is 1. The van der Waals surface area contributed by atoms with Crippen LogP contribution in [0, 0.1) is 0 Å². The zero-order valence-corrected chi connectivity index (χ0v) is 11.6. The van der Waals surface area contributed by atoms with Gasteiger partial charge < -0.3 is 14.8 Å². The first kappa shape index (κ1) is 14.0. The molecule has 0 aliphatic carbocycles. The minimum absolute atomic E-state index is 0.389. The first-order chi connectivity index (χ1) is 8.12. The smallest absolute Gasteiger partial charge is 0.143 e. The molecule has 1 atom stereocenters. The second-order valence-electron chi connectivity index (χ2n) is 4.02. The summed E-state index contributed by atoms with van der Waals surface area (Å²) in [5.41, 5.74) is 0.912. The van der Waals surface area contributed by atoms with Gasteiger partial charge in [-0.15, -0.1) is 0 Å². The summed E-state index contributed by atoms with van der Waals surface area (Å²) in [6.45, 7) is 4.31. The van der Waals surface area contributed by atoms with Crippen molar-refractivity contribution in [2.24, 2.45) is 0 Å². The first-order valence-electron chi connectivity index (χ1n) is 5.80. The number of hydrogen-bond donors (Lipinski definition) is 1. The van der Waals surface area contributed by atoms with Crippen LogP contribution in [0.15, 0.2) is 12.1 Å². The number of hydrogen-bond acceptors (Lipinski definition) is 3. The summed E-state index contributed by atoms with van der Waals surface area (Å²) in [5, 5.41) is 3.95. The van der Waals surface area contributed by atoms with Crippen LogP contribution in [-0.4, -0.2) is 20.3 Å². The SMILES string of the molecule is CCCC(C)Nc1cc(OC)c(Cl)cc1OC. The summed E-state index contributed by atoms with van der Waals surface area (Å²) in [7, 11) is 3.24. The Morgan fingerprint density at radius 1 is 1.24 bits per heavy atom. The quantitative estimate of drug-likeness (QED) is 0.837. The lowest BCUT2D eigenvalue weighted by atomic mass is 10.1. The Labute approximate surface area is 108 Å². The summed E-state index contributed by atoms with van der Waals surface area (Å²) >= 11 is 6.05. The fourth-order valence-corrected chi connectivity index (χ4v) is 1.97. The molecule has 4 heteroatoms. The summed E-state index contributed by atoms with van der Waals surface area (Å²) < 4.78 is 10.5. The number of methoxy groups -OCH3 is 2. The van der Waals surface area contributed by atoms with E-state index < -0.39 is 0 Å². The average molecular weight is 258 g/mol. The standard InChI is InChI=1S/C13H20ClNO2/c1-5-6-9(2)15-11-8-12(16-3)10(14)7-13(11)17-4/h7-9,15H,5-6H2,1-4H3. The Hall–Kier alpha value is -1.09. The Balaban J connectivity index is 2.95. The molecular weight excluding hydrogens is 238 g/mol. The highest BCUT2D eigenvalue weighted by atomic mass is 35.5. The molecule has 1 N–H and O–H groups in total. The van der Waals surface area contributed by atoms with Crippen molar-refractivity contribution in [2.75, 3.05) is 19.5 Å². The van der Waals surface area contributed by atoms with E-state index in [1.165, 1.54) is 0 Å². The van der Waals surface area contributed by atoms with E-state index in [-0.39, 0.29) is 0 Å². The summed E-state index contributed by atoms with van der Waals surface area (Å²) in [5.74, 6) is 1.39. The number of halogens is 1. The maximum Gasteiger partial charge on any atom is 0.143 e. The fraction of sp³-hybridized carbons (Fsp3) is 0.538. The molecule has 0 bridgehead atoms.